The number of hydrogen-bond acceptors (Lipinski definition) is 6. The van der Waals surface area contributed by atoms with E-state index in [1.165, 1.54) is 10.8 Å². The fourth-order valence-electron chi connectivity index (χ4n) is 2.49. The minimum Gasteiger partial charge on any atom is -0.395 e. The molecule has 0 radical (unpaired) electrons. The summed E-state index contributed by atoms with van der Waals surface area (Å²) in [4.78, 5) is 24.7. The van der Waals surface area contributed by atoms with Crippen LogP contribution in [0.15, 0.2) is 17.2 Å². The van der Waals surface area contributed by atoms with Gasteiger partial charge in [0.05, 0.1) is 12.3 Å². The van der Waals surface area contributed by atoms with Crippen LogP contribution in [0.5, 0.6) is 0 Å². The van der Waals surface area contributed by atoms with E-state index in [0.29, 0.717) is 12.3 Å². The molecule has 8 nitrogen and oxygen atoms in total. The Kier molecular flexibility index (Phi) is 3.77. The molecule has 20 heavy (non-hydrogen) atoms. The van der Waals surface area contributed by atoms with Crippen LogP contribution in [0.1, 0.15) is 5.69 Å². The summed E-state index contributed by atoms with van der Waals surface area (Å²) in [6.07, 6.45) is 1.46. The molecule has 0 bridgehead atoms. The number of hydrogen-bond donors (Lipinski definition) is 2. The molecule has 1 fully saturated rings. The molecule has 0 aromatic carbocycles. The van der Waals surface area contributed by atoms with E-state index in [1.807, 2.05) is 0 Å². The predicted octanol–water partition coefficient (Wildman–Crippen LogP) is -1.47. The van der Waals surface area contributed by atoms with Crippen LogP contribution in [0.2, 0.25) is 0 Å². The molecule has 0 amide bonds. The maximum atomic E-state index is 11.8. The van der Waals surface area contributed by atoms with Gasteiger partial charge in [-0.2, -0.15) is 4.52 Å². The lowest BCUT2D eigenvalue weighted by Gasteiger charge is -2.34. The second-order valence-corrected chi connectivity index (χ2v) is 4.95. The third-order valence-corrected chi connectivity index (χ3v) is 3.59. The normalized spacial score (nSPS) is 17.9. The van der Waals surface area contributed by atoms with E-state index >= 15 is 0 Å². The highest BCUT2D eigenvalue weighted by Crippen LogP contribution is 2.06. The Hall–Kier alpha value is -1.77. The second-order valence-electron chi connectivity index (χ2n) is 4.95. The van der Waals surface area contributed by atoms with Crippen molar-refractivity contribution < 1.29 is 5.11 Å². The molecular formula is C12H18N6O2. The Morgan fingerprint density at radius 2 is 2.00 bits per heavy atom. The first-order valence-electron chi connectivity index (χ1n) is 6.74. The highest BCUT2D eigenvalue weighted by atomic mass is 16.3. The average molecular weight is 278 g/mol. The van der Waals surface area contributed by atoms with Gasteiger partial charge in [-0.05, 0) is 0 Å². The zero-order valence-electron chi connectivity index (χ0n) is 11.2. The van der Waals surface area contributed by atoms with Crippen molar-refractivity contribution in [3.8, 4) is 0 Å². The highest BCUT2D eigenvalue weighted by Gasteiger charge is 2.17. The Balaban J connectivity index is 1.66. The number of β-amino-alcohol motifs (C(OH)–C–C–N with tert-alkyl or cyclic N) is 1. The van der Waals surface area contributed by atoms with Gasteiger partial charge in [-0.15, -0.1) is 0 Å². The molecule has 0 atom stereocenters. The smallest absolute Gasteiger partial charge is 0.274 e. The van der Waals surface area contributed by atoms with E-state index in [2.05, 4.69) is 24.9 Å². The number of aromatic amines is 1. The Morgan fingerprint density at radius 3 is 2.75 bits per heavy atom. The van der Waals surface area contributed by atoms with Crippen molar-refractivity contribution in [2.75, 3.05) is 39.3 Å². The molecule has 0 saturated carbocycles. The van der Waals surface area contributed by atoms with E-state index in [-0.39, 0.29) is 12.2 Å². The lowest BCUT2D eigenvalue weighted by molar-refractivity contribution is 0.107. The van der Waals surface area contributed by atoms with Crippen LogP contribution >= 0.6 is 0 Å². The molecule has 2 aromatic rings. The van der Waals surface area contributed by atoms with Crippen molar-refractivity contribution in [3.63, 3.8) is 0 Å². The third kappa shape index (κ3) is 2.72. The van der Waals surface area contributed by atoms with Gasteiger partial charge in [-0.3, -0.25) is 19.7 Å². The van der Waals surface area contributed by atoms with Gasteiger partial charge in [0.15, 0.2) is 0 Å². The Morgan fingerprint density at radius 1 is 1.25 bits per heavy atom. The number of rotatable bonds is 4. The summed E-state index contributed by atoms with van der Waals surface area (Å²) in [5.41, 5.74) is 0.610. The van der Waals surface area contributed by atoms with Crippen LogP contribution in [-0.4, -0.2) is 73.8 Å². The van der Waals surface area contributed by atoms with Crippen molar-refractivity contribution in [2.45, 2.75) is 6.54 Å². The van der Waals surface area contributed by atoms with Gasteiger partial charge < -0.3 is 5.11 Å². The average Bonchev–Trinajstić information content (AvgIpc) is 2.90. The summed E-state index contributed by atoms with van der Waals surface area (Å²) in [7, 11) is 0. The number of aliphatic hydroxyl groups excluding tert-OH is 1. The van der Waals surface area contributed by atoms with Gasteiger partial charge in [0.2, 0.25) is 0 Å². The Bertz CT molecular complexity index is 628. The molecule has 3 rings (SSSR count). The summed E-state index contributed by atoms with van der Waals surface area (Å²) in [5.74, 6) is 0.409. The van der Waals surface area contributed by atoms with E-state index in [9.17, 15) is 4.79 Å². The van der Waals surface area contributed by atoms with Crippen molar-refractivity contribution in [3.05, 3.63) is 28.4 Å². The number of H-pyrrole nitrogens is 1. The number of aliphatic hydroxyl groups is 1. The van der Waals surface area contributed by atoms with E-state index in [1.54, 1.807) is 6.07 Å². The van der Waals surface area contributed by atoms with Gasteiger partial charge in [-0.25, -0.2) is 9.97 Å². The number of fused-ring (bicyclic) bond motifs is 1. The Labute approximate surface area is 115 Å². The first kappa shape index (κ1) is 13.2. The fraction of sp³-hybridized carbons (Fsp3) is 0.583. The van der Waals surface area contributed by atoms with Crippen LogP contribution in [0.25, 0.3) is 5.78 Å². The predicted molar refractivity (Wildman–Crippen MR) is 72.4 cm³/mol. The van der Waals surface area contributed by atoms with E-state index in [4.69, 9.17) is 5.11 Å². The van der Waals surface area contributed by atoms with Crippen LogP contribution in [-0.2, 0) is 6.54 Å². The zero-order chi connectivity index (χ0) is 13.9. The SMILES string of the molecule is O=c1cc(CN2CCN(CCO)CC2)nc2nc[nH]n12. The number of nitrogens with one attached hydrogen (secondary N) is 1. The molecule has 0 unspecified atom stereocenters. The summed E-state index contributed by atoms with van der Waals surface area (Å²) in [5, 5.41) is 11.6. The molecule has 1 aliphatic heterocycles. The molecular weight excluding hydrogens is 260 g/mol. The minimum atomic E-state index is -0.138. The maximum absolute atomic E-state index is 11.8. The van der Waals surface area contributed by atoms with Gasteiger partial charge >= 0.3 is 0 Å². The van der Waals surface area contributed by atoms with E-state index in [0.717, 1.165) is 38.4 Å². The van der Waals surface area contributed by atoms with Gasteiger partial charge in [0, 0.05) is 45.3 Å². The minimum absolute atomic E-state index is 0.138. The third-order valence-electron chi connectivity index (χ3n) is 3.59. The van der Waals surface area contributed by atoms with Crippen molar-refractivity contribution in [1.82, 2.24) is 29.4 Å². The summed E-state index contributed by atoms with van der Waals surface area (Å²) in [6.45, 7) is 5.30. The first-order valence-corrected chi connectivity index (χ1v) is 6.74. The molecule has 8 heteroatoms. The molecule has 1 aliphatic rings. The molecule has 2 aromatic heterocycles. The van der Waals surface area contributed by atoms with Gasteiger partial charge in [-0.1, -0.05) is 0 Å². The maximum Gasteiger partial charge on any atom is 0.274 e. The molecule has 108 valence electrons. The van der Waals surface area contributed by atoms with Crippen molar-refractivity contribution in [2.24, 2.45) is 0 Å². The molecule has 1 saturated heterocycles. The number of piperazine rings is 1. The lowest BCUT2D eigenvalue weighted by atomic mass is 10.3. The van der Waals surface area contributed by atoms with Crippen LogP contribution in [0.3, 0.4) is 0 Å². The van der Waals surface area contributed by atoms with E-state index < -0.39 is 0 Å². The van der Waals surface area contributed by atoms with Crippen molar-refractivity contribution >= 4 is 5.78 Å². The highest BCUT2D eigenvalue weighted by molar-refractivity contribution is 5.25. The molecule has 0 aliphatic carbocycles. The standard InChI is InChI=1S/C12H18N6O2/c19-6-5-16-1-3-17(4-2-16)8-10-7-11(20)18-12(15-10)13-9-14-18/h7,9,19H,1-6,8H2,(H,13,14,15). The summed E-state index contributed by atoms with van der Waals surface area (Å²) < 4.78 is 1.32. The molecule has 2 N–H and O–H groups in total. The zero-order valence-corrected chi connectivity index (χ0v) is 11.2. The first-order chi connectivity index (χ1) is 9.76. The van der Waals surface area contributed by atoms with Gasteiger partial charge in [0.25, 0.3) is 11.3 Å². The van der Waals surface area contributed by atoms with Crippen LogP contribution in [0.4, 0.5) is 0 Å². The fourth-order valence-corrected chi connectivity index (χ4v) is 2.49. The number of nitrogens with zero attached hydrogens (tertiary/aromatic N) is 5. The van der Waals surface area contributed by atoms with Gasteiger partial charge in [0.1, 0.15) is 6.33 Å². The summed E-state index contributed by atoms with van der Waals surface area (Å²) in [6, 6.07) is 1.55. The van der Waals surface area contributed by atoms with Crippen LogP contribution < -0.4 is 5.56 Å². The van der Waals surface area contributed by atoms with Crippen LogP contribution in [0, 0.1) is 0 Å². The second kappa shape index (κ2) is 5.70. The van der Waals surface area contributed by atoms with Crippen molar-refractivity contribution in [1.29, 1.82) is 0 Å². The quantitative estimate of drug-likeness (QED) is 0.709. The molecule has 3 heterocycles. The topological polar surface area (TPSA) is 89.8 Å². The largest absolute Gasteiger partial charge is 0.395 e. The molecule has 0 spiro atoms. The lowest BCUT2D eigenvalue weighted by Crippen LogP contribution is -2.46. The number of aromatic nitrogens is 4. The monoisotopic (exact) mass is 278 g/mol. The summed E-state index contributed by atoms with van der Waals surface area (Å²) >= 11 is 0.